The lowest BCUT2D eigenvalue weighted by Gasteiger charge is -2.42. The maximum Gasteiger partial charge on any atom is 0.339 e. The first kappa shape index (κ1) is 17.2. The summed E-state index contributed by atoms with van der Waals surface area (Å²) in [6.45, 7) is 0.0197. The van der Waals surface area contributed by atoms with Crippen molar-refractivity contribution in [2.24, 2.45) is 16.7 Å². The highest BCUT2D eigenvalue weighted by atomic mass is 16.6. The first-order chi connectivity index (χ1) is 11.5. The Labute approximate surface area is 140 Å². The number of hydrogen-bond acceptors (Lipinski definition) is 7. The molecule has 3 fully saturated rings. The number of esters is 3. The van der Waals surface area contributed by atoms with E-state index in [9.17, 15) is 14.4 Å². The van der Waals surface area contributed by atoms with Crippen molar-refractivity contribution in [1.82, 2.24) is 0 Å². The summed E-state index contributed by atoms with van der Waals surface area (Å²) in [4.78, 5) is 38.2. The topological polar surface area (TPSA) is 88.1 Å². The fraction of sp³-hybridized carbons (Fsp3) is 0.824. The molecule has 0 unspecified atom stereocenters. The second-order valence-corrected chi connectivity index (χ2v) is 6.93. The first-order valence-electron chi connectivity index (χ1n) is 8.37. The Bertz CT molecular complexity index is 573. The van der Waals surface area contributed by atoms with Crippen LogP contribution < -0.4 is 0 Å². The number of methoxy groups -OCH3 is 3. The number of ether oxygens (including phenoxy) is 4. The fourth-order valence-electron chi connectivity index (χ4n) is 5.29. The summed E-state index contributed by atoms with van der Waals surface area (Å²) in [7, 11) is 3.95. The molecule has 1 saturated heterocycles. The third-order valence-electron chi connectivity index (χ3n) is 6.31. The van der Waals surface area contributed by atoms with Crippen molar-refractivity contribution >= 4 is 17.9 Å². The van der Waals surface area contributed by atoms with Crippen molar-refractivity contribution in [3.05, 3.63) is 0 Å². The van der Waals surface area contributed by atoms with E-state index >= 15 is 0 Å². The Morgan fingerprint density at radius 2 is 1.71 bits per heavy atom. The van der Waals surface area contributed by atoms with Crippen LogP contribution >= 0.6 is 0 Å². The molecule has 0 radical (unpaired) electrons. The molecule has 3 rings (SSSR count). The number of carbonyl (C=O) groups is 3. The van der Waals surface area contributed by atoms with Gasteiger partial charge in [-0.1, -0.05) is 19.3 Å². The van der Waals surface area contributed by atoms with E-state index in [1.807, 2.05) is 0 Å². The average Bonchev–Trinajstić information content (AvgIpc) is 3.22. The van der Waals surface area contributed by atoms with Crippen molar-refractivity contribution in [3.8, 4) is 0 Å². The van der Waals surface area contributed by atoms with Gasteiger partial charge >= 0.3 is 17.9 Å². The van der Waals surface area contributed by atoms with Gasteiger partial charge in [-0.2, -0.15) is 0 Å². The minimum atomic E-state index is -1.50. The van der Waals surface area contributed by atoms with Crippen molar-refractivity contribution in [3.63, 3.8) is 0 Å². The third-order valence-corrected chi connectivity index (χ3v) is 6.31. The highest BCUT2D eigenvalue weighted by Gasteiger charge is 2.94. The normalized spacial score (nSPS) is 41.0. The molecule has 0 amide bonds. The summed E-state index contributed by atoms with van der Waals surface area (Å²) in [5.74, 6) is -2.47. The van der Waals surface area contributed by atoms with Gasteiger partial charge in [0, 0.05) is 12.5 Å². The molecule has 2 bridgehead atoms. The van der Waals surface area contributed by atoms with Crippen LogP contribution in [0, 0.1) is 16.7 Å². The van der Waals surface area contributed by atoms with Crippen LogP contribution in [0.4, 0.5) is 0 Å². The summed E-state index contributed by atoms with van der Waals surface area (Å²) in [6, 6.07) is 0. The zero-order chi connectivity index (χ0) is 17.6. The molecule has 3 aliphatic rings. The van der Waals surface area contributed by atoms with E-state index in [4.69, 9.17) is 18.9 Å². The minimum absolute atomic E-state index is 0.0197. The van der Waals surface area contributed by atoms with Crippen LogP contribution in [-0.2, 0) is 33.3 Å². The molecule has 0 aromatic rings. The van der Waals surface area contributed by atoms with Gasteiger partial charge in [0.1, 0.15) is 5.41 Å². The van der Waals surface area contributed by atoms with Gasteiger partial charge in [0.25, 0.3) is 0 Å². The molecule has 2 saturated carbocycles. The van der Waals surface area contributed by atoms with Crippen molar-refractivity contribution in [1.29, 1.82) is 0 Å². The lowest BCUT2D eigenvalue weighted by molar-refractivity contribution is -0.208. The van der Waals surface area contributed by atoms with Gasteiger partial charge in [-0.25, -0.2) is 4.79 Å². The number of cyclic esters (lactones) is 1. The molecular formula is C17H24O7. The van der Waals surface area contributed by atoms with Crippen LogP contribution in [-0.4, -0.2) is 51.4 Å². The van der Waals surface area contributed by atoms with Crippen LogP contribution in [0.2, 0.25) is 0 Å². The maximum atomic E-state index is 12.9. The van der Waals surface area contributed by atoms with E-state index in [0.29, 0.717) is 19.3 Å². The second-order valence-electron chi connectivity index (χ2n) is 6.93. The third kappa shape index (κ3) is 1.74. The predicted octanol–water partition coefficient (Wildman–Crippen LogP) is 1.23. The second kappa shape index (κ2) is 5.72. The van der Waals surface area contributed by atoms with Crippen molar-refractivity contribution in [2.45, 2.75) is 44.1 Å². The molecule has 0 N–H and O–H groups in total. The Balaban J connectivity index is 2.24. The van der Waals surface area contributed by atoms with Crippen LogP contribution in [0.5, 0.6) is 0 Å². The van der Waals surface area contributed by atoms with Gasteiger partial charge in [-0.3, -0.25) is 9.59 Å². The zero-order valence-corrected chi connectivity index (χ0v) is 14.4. The van der Waals surface area contributed by atoms with E-state index in [0.717, 1.165) is 19.3 Å². The highest BCUT2D eigenvalue weighted by molar-refractivity contribution is 6.02. The van der Waals surface area contributed by atoms with Gasteiger partial charge in [0.15, 0.2) is 5.60 Å². The first-order valence-corrected chi connectivity index (χ1v) is 8.37. The molecule has 0 aromatic carbocycles. The van der Waals surface area contributed by atoms with E-state index < -0.39 is 40.3 Å². The van der Waals surface area contributed by atoms with Crippen LogP contribution in [0.25, 0.3) is 0 Å². The lowest BCUT2D eigenvalue weighted by atomic mass is 9.72. The summed E-state index contributed by atoms with van der Waals surface area (Å²) >= 11 is 0. The summed E-state index contributed by atoms with van der Waals surface area (Å²) in [6.07, 6.45) is 4.40. The molecule has 0 spiro atoms. The quantitative estimate of drug-likeness (QED) is 0.564. The summed E-state index contributed by atoms with van der Waals surface area (Å²) in [5.41, 5.74) is -3.67. The SMILES string of the molecule is COC(=O)[C@H]1[C@]23CCCCCC[C@](OC)(C(=O)OC2)[C@]13C(=O)OC. The van der Waals surface area contributed by atoms with E-state index in [1.165, 1.54) is 21.3 Å². The molecule has 7 heteroatoms. The van der Waals surface area contributed by atoms with Crippen LogP contribution in [0.15, 0.2) is 0 Å². The Morgan fingerprint density at radius 3 is 2.29 bits per heavy atom. The van der Waals surface area contributed by atoms with E-state index in [-0.39, 0.29) is 6.61 Å². The molecule has 1 aliphatic heterocycles. The van der Waals surface area contributed by atoms with Crippen molar-refractivity contribution in [2.75, 3.05) is 27.9 Å². The smallest absolute Gasteiger partial charge is 0.339 e. The van der Waals surface area contributed by atoms with E-state index in [2.05, 4.69) is 0 Å². The van der Waals surface area contributed by atoms with Gasteiger partial charge in [-0.05, 0) is 19.3 Å². The monoisotopic (exact) mass is 340 g/mol. The largest absolute Gasteiger partial charge is 0.469 e. The molecule has 2 aliphatic carbocycles. The van der Waals surface area contributed by atoms with Crippen molar-refractivity contribution < 1.29 is 33.3 Å². The molecule has 0 aromatic heterocycles. The average molecular weight is 340 g/mol. The Hall–Kier alpha value is -1.63. The van der Waals surface area contributed by atoms with Gasteiger partial charge in [0.05, 0.1) is 26.7 Å². The summed E-state index contributed by atoms with van der Waals surface area (Å²) in [5, 5.41) is 0. The highest BCUT2D eigenvalue weighted by Crippen LogP contribution is 2.80. The maximum absolute atomic E-state index is 12.9. The fourth-order valence-corrected chi connectivity index (χ4v) is 5.29. The molecule has 24 heavy (non-hydrogen) atoms. The van der Waals surface area contributed by atoms with Gasteiger partial charge in [0.2, 0.25) is 0 Å². The van der Waals surface area contributed by atoms with E-state index in [1.54, 1.807) is 0 Å². The molecule has 134 valence electrons. The number of carbonyl (C=O) groups excluding carboxylic acids is 3. The number of rotatable bonds is 3. The lowest BCUT2D eigenvalue weighted by Crippen LogP contribution is -2.60. The Morgan fingerprint density at radius 1 is 1.04 bits per heavy atom. The van der Waals surface area contributed by atoms with Gasteiger partial charge < -0.3 is 18.9 Å². The van der Waals surface area contributed by atoms with Gasteiger partial charge in [-0.15, -0.1) is 0 Å². The number of hydrogen-bond donors (Lipinski definition) is 0. The zero-order valence-electron chi connectivity index (χ0n) is 14.4. The molecule has 7 nitrogen and oxygen atoms in total. The Kier molecular flexibility index (Phi) is 4.10. The van der Waals surface area contributed by atoms with Crippen LogP contribution in [0.1, 0.15) is 38.5 Å². The molecule has 1 heterocycles. The van der Waals surface area contributed by atoms with Crippen LogP contribution in [0.3, 0.4) is 0 Å². The predicted molar refractivity (Wildman–Crippen MR) is 80.8 cm³/mol. The minimum Gasteiger partial charge on any atom is -0.469 e. The standard InChI is InChI=1S/C17H24O7/c1-21-12(18)11-15-8-6-4-5-7-9-16(23-3,13(19)24-10-15)17(11,15)14(20)22-2/h11H,4-10H2,1-3H3/t11-,15-,16-,17-/m0/s1. The summed E-state index contributed by atoms with van der Waals surface area (Å²) < 4.78 is 21.1. The molecular weight excluding hydrogens is 316 g/mol. The molecule has 4 atom stereocenters.